The van der Waals surface area contributed by atoms with E-state index in [-0.39, 0.29) is 29.7 Å². The summed E-state index contributed by atoms with van der Waals surface area (Å²) in [7, 11) is 1.64. The third-order valence-electron chi connectivity index (χ3n) is 5.58. The number of piperidine rings is 1. The van der Waals surface area contributed by atoms with Gasteiger partial charge in [0.2, 0.25) is 5.88 Å². The first-order valence-corrected chi connectivity index (χ1v) is 11.3. The van der Waals surface area contributed by atoms with Gasteiger partial charge < -0.3 is 19.1 Å². The molecule has 0 radical (unpaired) electrons. The number of ether oxygens (including phenoxy) is 3. The lowest BCUT2D eigenvalue weighted by Gasteiger charge is -2.38. The van der Waals surface area contributed by atoms with Gasteiger partial charge in [-0.15, -0.1) is 0 Å². The molecule has 178 valence electrons. The summed E-state index contributed by atoms with van der Waals surface area (Å²) in [6, 6.07) is 9.00. The minimum absolute atomic E-state index is 0.0680. The Hall–Kier alpha value is -3.71. The maximum Gasteiger partial charge on any atom is 0.349 e. The molecule has 0 bridgehead atoms. The van der Waals surface area contributed by atoms with Crippen molar-refractivity contribution in [3.8, 4) is 17.7 Å². The van der Waals surface area contributed by atoms with Gasteiger partial charge in [-0.05, 0) is 39.0 Å². The first-order valence-electron chi connectivity index (χ1n) is 11.3. The number of fused-ring (bicyclic) bond motifs is 1. The Morgan fingerprint density at radius 1 is 1.21 bits per heavy atom. The SMILES string of the molecule is CCO[C@@H]1CN(c2nc(=O)n(C)c3ccc(C#N)nc23)CC[C@H]1Oc1ccc(OC(C)C)cn1. The fourth-order valence-electron chi connectivity index (χ4n) is 4.02. The highest BCUT2D eigenvalue weighted by Crippen LogP contribution is 2.27. The van der Waals surface area contributed by atoms with E-state index in [1.807, 2.05) is 31.7 Å². The third kappa shape index (κ3) is 4.94. The fraction of sp³-hybridized carbons (Fsp3) is 0.458. The molecule has 1 fully saturated rings. The van der Waals surface area contributed by atoms with Crippen LogP contribution < -0.4 is 20.1 Å². The molecule has 0 amide bonds. The molecule has 3 aromatic rings. The minimum atomic E-state index is -0.381. The zero-order valence-corrected chi connectivity index (χ0v) is 19.8. The molecule has 2 atom stereocenters. The lowest BCUT2D eigenvalue weighted by Crippen LogP contribution is -2.51. The molecule has 1 saturated heterocycles. The molecule has 4 rings (SSSR count). The summed E-state index contributed by atoms with van der Waals surface area (Å²) < 4.78 is 19.2. The van der Waals surface area contributed by atoms with Crippen LogP contribution in [0.15, 0.2) is 35.3 Å². The molecule has 0 aromatic carbocycles. The zero-order chi connectivity index (χ0) is 24.2. The first-order chi connectivity index (χ1) is 16.4. The van der Waals surface area contributed by atoms with Crippen molar-refractivity contribution in [3.05, 3.63) is 46.6 Å². The summed E-state index contributed by atoms with van der Waals surface area (Å²) in [6.45, 7) is 7.40. The molecule has 10 heteroatoms. The number of hydrogen-bond acceptors (Lipinski definition) is 9. The van der Waals surface area contributed by atoms with E-state index in [0.29, 0.717) is 54.6 Å². The van der Waals surface area contributed by atoms with E-state index < -0.39 is 0 Å². The van der Waals surface area contributed by atoms with Crippen molar-refractivity contribution in [3.63, 3.8) is 0 Å². The van der Waals surface area contributed by atoms with Gasteiger partial charge >= 0.3 is 5.69 Å². The molecule has 0 N–H and O–H groups in total. The number of anilines is 1. The Labute approximate surface area is 197 Å². The van der Waals surface area contributed by atoms with Crippen LogP contribution in [0.5, 0.6) is 11.6 Å². The Morgan fingerprint density at radius 2 is 2.03 bits per heavy atom. The highest BCUT2D eigenvalue weighted by Gasteiger charge is 2.33. The number of nitrogens with zero attached hydrogens (tertiary/aromatic N) is 6. The normalized spacial score (nSPS) is 18.2. The molecule has 1 aliphatic rings. The quantitative estimate of drug-likeness (QED) is 0.520. The topological polar surface area (TPSA) is 115 Å². The second-order valence-electron chi connectivity index (χ2n) is 8.34. The smallest absolute Gasteiger partial charge is 0.349 e. The summed E-state index contributed by atoms with van der Waals surface area (Å²) in [5, 5.41) is 9.30. The van der Waals surface area contributed by atoms with E-state index in [9.17, 15) is 10.1 Å². The van der Waals surface area contributed by atoms with Crippen molar-refractivity contribution >= 4 is 16.9 Å². The van der Waals surface area contributed by atoms with E-state index in [1.54, 1.807) is 31.4 Å². The average Bonchev–Trinajstić information content (AvgIpc) is 2.83. The number of hydrogen-bond donors (Lipinski definition) is 0. The Kier molecular flexibility index (Phi) is 6.93. The monoisotopic (exact) mass is 464 g/mol. The standard InChI is InChI=1S/C24H28N6O4/c1-5-32-20-14-30(11-10-19(20)34-21-9-7-17(13-26-21)33-15(2)3)23-22-18(29(4)24(31)28-23)8-6-16(12-25)27-22/h6-9,13,15,19-20H,5,10-11,14H2,1-4H3/t19-,20-/m1/s1. The van der Waals surface area contributed by atoms with Gasteiger partial charge in [0, 0.05) is 39.2 Å². The van der Waals surface area contributed by atoms with Crippen molar-refractivity contribution < 1.29 is 14.2 Å². The minimum Gasteiger partial charge on any atom is -0.489 e. The second-order valence-corrected chi connectivity index (χ2v) is 8.34. The molecule has 34 heavy (non-hydrogen) atoms. The largest absolute Gasteiger partial charge is 0.489 e. The highest BCUT2D eigenvalue weighted by molar-refractivity contribution is 5.86. The maximum absolute atomic E-state index is 12.5. The van der Waals surface area contributed by atoms with E-state index >= 15 is 0 Å². The van der Waals surface area contributed by atoms with E-state index in [1.165, 1.54) is 4.57 Å². The molecule has 1 aliphatic heterocycles. The van der Waals surface area contributed by atoms with Crippen LogP contribution >= 0.6 is 0 Å². The summed E-state index contributed by atoms with van der Waals surface area (Å²) in [5.74, 6) is 1.63. The van der Waals surface area contributed by atoms with Crippen LogP contribution in [0.4, 0.5) is 5.82 Å². The Morgan fingerprint density at radius 3 is 2.71 bits per heavy atom. The molecular formula is C24H28N6O4. The summed E-state index contributed by atoms with van der Waals surface area (Å²) in [5.41, 5.74) is 1.02. The molecular weight excluding hydrogens is 436 g/mol. The van der Waals surface area contributed by atoms with Gasteiger partial charge in [0.1, 0.15) is 35.2 Å². The number of pyridine rings is 2. The van der Waals surface area contributed by atoms with Gasteiger partial charge in [0.25, 0.3) is 0 Å². The average molecular weight is 465 g/mol. The number of rotatable bonds is 7. The summed E-state index contributed by atoms with van der Waals surface area (Å²) in [6.07, 6.45) is 1.85. The lowest BCUT2D eigenvalue weighted by molar-refractivity contribution is -0.0297. The molecule has 3 aromatic heterocycles. The number of nitriles is 1. The van der Waals surface area contributed by atoms with Crippen molar-refractivity contribution in [1.29, 1.82) is 5.26 Å². The summed E-state index contributed by atoms with van der Waals surface area (Å²) >= 11 is 0. The van der Waals surface area contributed by atoms with Crippen molar-refractivity contribution in [2.24, 2.45) is 7.05 Å². The first kappa shape index (κ1) is 23.4. The molecule has 0 aliphatic carbocycles. The predicted octanol–water partition coefficient (Wildman–Crippen LogP) is 2.45. The number of aromatic nitrogens is 4. The van der Waals surface area contributed by atoms with Gasteiger partial charge in [0.05, 0.1) is 17.8 Å². The second kappa shape index (κ2) is 10.1. The van der Waals surface area contributed by atoms with Gasteiger partial charge in [0.15, 0.2) is 5.82 Å². The molecule has 10 nitrogen and oxygen atoms in total. The van der Waals surface area contributed by atoms with Gasteiger partial charge in [-0.1, -0.05) is 0 Å². The molecule has 0 spiro atoms. The third-order valence-corrected chi connectivity index (χ3v) is 5.58. The van der Waals surface area contributed by atoms with E-state index in [2.05, 4.69) is 21.0 Å². The fourth-order valence-corrected chi connectivity index (χ4v) is 4.02. The van der Waals surface area contributed by atoms with E-state index in [4.69, 9.17) is 14.2 Å². The van der Waals surface area contributed by atoms with Crippen LogP contribution in [0, 0.1) is 11.3 Å². The van der Waals surface area contributed by atoms with Gasteiger partial charge in [-0.2, -0.15) is 10.2 Å². The van der Waals surface area contributed by atoms with Crippen LogP contribution in [-0.4, -0.2) is 57.5 Å². The van der Waals surface area contributed by atoms with Crippen LogP contribution in [0.25, 0.3) is 11.0 Å². The Balaban J connectivity index is 1.58. The Bertz CT molecular complexity index is 1250. The van der Waals surface area contributed by atoms with Crippen LogP contribution in [0.2, 0.25) is 0 Å². The van der Waals surface area contributed by atoms with E-state index in [0.717, 1.165) is 0 Å². The van der Waals surface area contributed by atoms with Gasteiger partial charge in [-0.3, -0.25) is 4.57 Å². The van der Waals surface area contributed by atoms with Crippen LogP contribution in [-0.2, 0) is 11.8 Å². The maximum atomic E-state index is 12.5. The molecule has 0 saturated carbocycles. The van der Waals surface area contributed by atoms with Crippen molar-refractivity contribution in [2.45, 2.75) is 45.5 Å². The summed E-state index contributed by atoms with van der Waals surface area (Å²) in [4.78, 5) is 27.6. The van der Waals surface area contributed by atoms with Crippen LogP contribution in [0.3, 0.4) is 0 Å². The zero-order valence-electron chi connectivity index (χ0n) is 19.8. The van der Waals surface area contributed by atoms with Gasteiger partial charge in [-0.25, -0.2) is 14.8 Å². The van der Waals surface area contributed by atoms with Crippen LogP contribution in [0.1, 0.15) is 32.9 Å². The van der Waals surface area contributed by atoms with Crippen molar-refractivity contribution in [1.82, 2.24) is 19.5 Å². The predicted molar refractivity (Wildman–Crippen MR) is 126 cm³/mol. The lowest BCUT2D eigenvalue weighted by atomic mass is 10.0. The molecule has 0 unspecified atom stereocenters. The molecule has 4 heterocycles. The number of aryl methyl sites for hydroxylation is 1. The highest BCUT2D eigenvalue weighted by atomic mass is 16.5. The van der Waals surface area contributed by atoms with Crippen molar-refractivity contribution in [2.75, 3.05) is 24.6 Å².